The number of aromatic nitrogens is 5. The summed E-state index contributed by atoms with van der Waals surface area (Å²) in [7, 11) is 0. The smallest absolute Gasteiger partial charge is 0.269 e. The Balaban J connectivity index is 1.03. The van der Waals surface area contributed by atoms with E-state index in [1.807, 2.05) is 92.7 Å². The molecule has 6 nitrogen and oxygen atoms in total. The quantitative estimate of drug-likeness (QED) is 0.0903. The largest absolute Gasteiger partial charge is 0.458 e. The first kappa shape index (κ1) is 31.2. The van der Waals surface area contributed by atoms with Crippen molar-refractivity contribution in [3.05, 3.63) is 326 Å². The highest BCUT2D eigenvalue weighted by Gasteiger charge is 2.25. The molecule has 0 aliphatic heterocycles. The van der Waals surface area contributed by atoms with Crippen LogP contribution in [0.1, 0.15) is 55.1 Å². The van der Waals surface area contributed by atoms with Gasteiger partial charge in [0.1, 0.15) is 11.5 Å². The second kappa shape index (κ2) is 22.0. The fourth-order valence-electron chi connectivity index (χ4n) is 11.3. The number of fused-ring (bicyclic) bond motifs is 5. The van der Waals surface area contributed by atoms with Crippen molar-refractivity contribution in [1.29, 1.82) is 0 Å². The zero-order chi connectivity index (χ0) is 83.9. The Labute approximate surface area is 556 Å². The van der Waals surface area contributed by atoms with Crippen LogP contribution in [0.15, 0.2) is 303 Å². The van der Waals surface area contributed by atoms with E-state index in [0.717, 1.165) is 48.7 Å². The minimum Gasteiger partial charge on any atom is -0.458 e. The number of imidazole rings is 2. The van der Waals surface area contributed by atoms with Crippen LogP contribution in [0.5, 0.6) is 11.5 Å². The van der Waals surface area contributed by atoms with Crippen LogP contribution in [0.3, 0.4) is 0 Å². The van der Waals surface area contributed by atoms with E-state index in [9.17, 15) is 23.3 Å². The average molecular weight is 1170 g/mol. The van der Waals surface area contributed by atoms with Crippen LogP contribution in [0, 0.1) is 27.1 Å². The molecule has 0 radical (unpaired) electrons. The van der Waals surface area contributed by atoms with Crippen LogP contribution in [0.25, 0.3) is 134 Å². The number of rotatable bonds is 12. The summed E-state index contributed by atoms with van der Waals surface area (Å²) < 4.78 is 279. The third kappa shape index (κ3) is 9.55. The van der Waals surface area contributed by atoms with Crippen LogP contribution in [0.2, 0.25) is 0 Å². The van der Waals surface area contributed by atoms with E-state index in [-0.39, 0.29) is 28.0 Å². The van der Waals surface area contributed by atoms with Crippen LogP contribution in [0.4, 0.5) is 0 Å². The Morgan fingerprint density at radius 3 is 1.55 bits per heavy atom. The molecule has 3 heterocycles. The normalized spacial score (nSPS) is 15.9. The zero-order valence-electron chi connectivity index (χ0n) is 75.3. The molecular formula is C83H59N5O. The van der Waals surface area contributed by atoms with E-state index in [1.165, 1.54) is 23.6 Å². The molecule has 422 valence electrons. The average Bonchev–Trinajstić information content (AvgIpc) is 1.64. The molecule has 0 saturated carbocycles. The number of hydrogen-bond acceptors (Lipinski definition) is 2. The molecule has 16 rings (SSSR count). The number of aryl methyl sites for hydroxylation is 2. The van der Waals surface area contributed by atoms with Gasteiger partial charge in [0.15, 0.2) is 0 Å². The lowest BCUT2D eigenvalue weighted by Gasteiger charge is -2.20. The summed E-state index contributed by atoms with van der Waals surface area (Å²) in [6.45, 7) is 5.36. The molecule has 0 bridgehead atoms. The summed E-state index contributed by atoms with van der Waals surface area (Å²) in [5, 5.41) is 1.78. The van der Waals surface area contributed by atoms with Crippen LogP contribution in [-0.2, 0) is 0 Å². The molecule has 0 fully saturated rings. The number of hydrogen-bond donors (Lipinski definition) is 0. The molecule has 0 amide bonds. The summed E-state index contributed by atoms with van der Waals surface area (Å²) >= 11 is 0. The van der Waals surface area contributed by atoms with Gasteiger partial charge in [-0.1, -0.05) is 217 Å². The molecule has 6 heteroatoms. The van der Waals surface area contributed by atoms with Crippen molar-refractivity contribution >= 4 is 43.9 Å². The maximum absolute atomic E-state index is 10.5. The summed E-state index contributed by atoms with van der Waals surface area (Å²) in [5.41, 5.74) is -5.43. The molecule has 0 spiro atoms. The van der Waals surface area contributed by atoms with Gasteiger partial charge in [-0.25, -0.2) is 4.98 Å². The maximum Gasteiger partial charge on any atom is 0.269 e. The summed E-state index contributed by atoms with van der Waals surface area (Å²) in [4.78, 5) is 5.30. The predicted octanol–water partition coefficient (Wildman–Crippen LogP) is 20.9. The monoisotopic (exact) mass is 1170 g/mol. The van der Waals surface area contributed by atoms with Gasteiger partial charge in [0, 0.05) is 16.8 Å². The highest BCUT2D eigenvalue weighted by molar-refractivity contribution is 6.09. The van der Waals surface area contributed by atoms with Crippen LogP contribution in [-0.4, -0.2) is 18.7 Å². The van der Waals surface area contributed by atoms with Crippen molar-refractivity contribution in [2.24, 2.45) is 0 Å². The topological polar surface area (TPSA) is 40.8 Å². The number of benzene rings is 13. The second-order valence-corrected chi connectivity index (χ2v) is 20.8. The Hall–Kier alpha value is -11.6. The van der Waals surface area contributed by atoms with Crippen molar-refractivity contribution < 1.29 is 47.7 Å². The summed E-state index contributed by atoms with van der Waals surface area (Å²) in [6.07, 6.45) is 3.27. The lowest BCUT2D eigenvalue weighted by molar-refractivity contribution is -0.571. The molecule has 0 aliphatic carbocycles. The van der Waals surface area contributed by atoms with E-state index < -0.39 is 242 Å². The van der Waals surface area contributed by atoms with Gasteiger partial charge >= 0.3 is 0 Å². The SMILES string of the molecule is [2H]c1c([2H])c([2H])c(-c2c([2H])c(-c3c([2H])c([2H])c([2H])c([2H])c3[2H])c([2H])c(-c3c([2H])c([2H])c([2H])c(-c4c([2H])c(-c5c([2H])c([2H])c([2H])c([2H])c5[2H])c([2H])c(-c5c([2H])c([2H])c(C)c([2H])c5[2H])c4[2H])c3-[n+]3[c-]n(-c4cccc(Oc5ccc6c7ccccc7n(-c7nc8ccccc8n7-c7c(C)cccc7C)c6c5)c4)c4ccccc43)c2[2H])c([2H])c1[2H]. The number of nitrogens with zero attached hydrogens (tertiary/aromatic N) is 5. The van der Waals surface area contributed by atoms with Crippen LogP contribution >= 0.6 is 0 Å². The predicted molar refractivity (Wildman–Crippen MR) is 366 cm³/mol. The van der Waals surface area contributed by atoms with Gasteiger partial charge in [0.2, 0.25) is 5.95 Å². The van der Waals surface area contributed by atoms with Gasteiger partial charge in [-0.05, 0) is 183 Å². The number of ether oxygens (including phenoxy) is 1. The van der Waals surface area contributed by atoms with Gasteiger partial charge < -0.3 is 4.74 Å². The first-order chi connectivity index (χ1) is 55.5. The fourth-order valence-corrected chi connectivity index (χ4v) is 11.3. The van der Waals surface area contributed by atoms with E-state index in [2.05, 4.69) is 15.5 Å². The van der Waals surface area contributed by atoms with Crippen LogP contribution < -0.4 is 9.30 Å². The highest BCUT2D eigenvalue weighted by atomic mass is 16.5. The standard InChI is InChI=1S/C83H59N5O/c1-55-40-42-61(43-41-55)65-47-64(60-28-11-6-12-29-60)50-67(51-65)72-34-21-33-71(66-48-62(58-24-7-4-8-25-58)46-63(49-66)59-26-9-5-10-27-59)82(72)86-54-85(78-38-17-18-39-79(78)86)68-30-20-31-69(52-68)89-70-44-45-74-73-32-13-15-36-76(73)87(80(74)53-70)83-84-75-35-14-16-37-77(75)88(83)81-56(2)22-19-23-57(81)3/h4-53H,1-3H3/i4D,5D,6D,7D,8D,9D,10D,11D,12D,21D,24D,25D,26D,27D,28D,29D,33D,34D,40D,41D,42D,43D,46D,47D,48D,49D,50D,51D. The minimum atomic E-state index is -1.18. The van der Waals surface area contributed by atoms with Crippen molar-refractivity contribution in [3.63, 3.8) is 0 Å². The van der Waals surface area contributed by atoms with E-state index in [0.29, 0.717) is 17.2 Å². The molecule has 0 saturated heterocycles. The van der Waals surface area contributed by atoms with E-state index >= 15 is 0 Å². The van der Waals surface area contributed by atoms with Gasteiger partial charge in [-0.3, -0.25) is 18.3 Å². The summed E-state index contributed by atoms with van der Waals surface area (Å²) in [5.74, 6) is 1.17. The first-order valence-corrected chi connectivity index (χ1v) is 28.1. The zero-order valence-corrected chi connectivity index (χ0v) is 47.3. The molecule has 0 aliphatic rings. The first-order valence-electron chi connectivity index (χ1n) is 42.1. The Kier molecular flexibility index (Phi) is 7.72. The Morgan fingerprint density at radius 1 is 0.404 bits per heavy atom. The third-order valence-electron chi connectivity index (χ3n) is 15.2. The van der Waals surface area contributed by atoms with Crippen molar-refractivity contribution in [2.45, 2.75) is 20.8 Å². The van der Waals surface area contributed by atoms with Gasteiger partial charge in [-0.2, -0.15) is 0 Å². The third-order valence-corrected chi connectivity index (χ3v) is 15.2. The molecule has 89 heavy (non-hydrogen) atoms. The lowest BCUT2D eigenvalue weighted by atomic mass is 9.88. The summed E-state index contributed by atoms with van der Waals surface area (Å²) in [6, 6.07) is 11.9. The van der Waals surface area contributed by atoms with E-state index in [1.54, 1.807) is 42.5 Å². The Morgan fingerprint density at radius 2 is 0.921 bits per heavy atom. The second-order valence-electron chi connectivity index (χ2n) is 20.8. The van der Waals surface area contributed by atoms with Crippen molar-refractivity contribution in [3.8, 4) is 101 Å². The Bertz CT molecular complexity index is 6590. The fraction of sp³-hybridized carbons (Fsp3) is 0.0361. The van der Waals surface area contributed by atoms with E-state index in [4.69, 9.17) is 24.8 Å². The minimum absolute atomic E-state index is 0.0146. The molecular weight excluding hydrogens is 1080 g/mol. The van der Waals surface area contributed by atoms with Gasteiger partial charge in [0.05, 0.1) is 88.5 Å². The number of para-hydroxylation sites is 7. The molecule has 3 aromatic heterocycles. The lowest BCUT2D eigenvalue weighted by Crippen LogP contribution is -2.31. The highest BCUT2D eigenvalue weighted by Crippen LogP contribution is 2.43. The molecule has 0 unspecified atom stereocenters. The molecule has 0 atom stereocenters. The molecule has 13 aromatic carbocycles. The van der Waals surface area contributed by atoms with Gasteiger partial charge in [-0.15, -0.1) is 0 Å². The molecule has 16 aromatic rings. The van der Waals surface area contributed by atoms with Crippen molar-refractivity contribution in [2.75, 3.05) is 0 Å². The molecule has 0 N–H and O–H groups in total. The van der Waals surface area contributed by atoms with Gasteiger partial charge in [0.25, 0.3) is 6.33 Å². The van der Waals surface area contributed by atoms with Crippen molar-refractivity contribution in [1.82, 2.24) is 18.7 Å². The maximum atomic E-state index is 10.5.